The number of aromatic nitrogens is 3. The lowest BCUT2D eigenvalue weighted by Crippen LogP contribution is -2.38. The molecule has 1 N–H and O–H groups in total. The zero-order chi connectivity index (χ0) is 15.6. The van der Waals surface area contributed by atoms with Crippen LogP contribution < -0.4 is 10.9 Å². The highest BCUT2D eigenvalue weighted by Gasteiger charge is 2.19. The molecule has 6 heteroatoms. The smallest absolute Gasteiger partial charge is 0.283 e. The molecule has 0 saturated carbocycles. The van der Waals surface area contributed by atoms with E-state index in [9.17, 15) is 9.59 Å². The van der Waals surface area contributed by atoms with E-state index in [1.165, 1.54) is 4.57 Å². The van der Waals surface area contributed by atoms with Crippen LogP contribution in [0.5, 0.6) is 0 Å². The third kappa shape index (κ3) is 3.26. The third-order valence-electron chi connectivity index (χ3n) is 2.88. The Bertz CT molecular complexity index is 719. The molecule has 0 aliphatic heterocycles. The molecule has 0 aliphatic carbocycles. The van der Waals surface area contributed by atoms with E-state index >= 15 is 0 Å². The van der Waals surface area contributed by atoms with Crippen LogP contribution in [0.4, 0.5) is 0 Å². The van der Waals surface area contributed by atoms with Gasteiger partial charge in [0.15, 0.2) is 11.3 Å². The van der Waals surface area contributed by atoms with Gasteiger partial charge in [-0.3, -0.25) is 14.2 Å². The first-order valence-corrected chi connectivity index (χ1v) is 7.06. The number of pyridine rings is 1. The van der Waals surface area contributed by atoms with E-state index in [0.717, 1.165) is 0 Å². The van der Waals surface area contributed by atoms with E-state index in [0.29, 0.717) is 17.7 Å². The van der Waals surface area contributed by atoms with E-state index in [2.05, 4.69) is 15.3 Å². The summed E-state index contributed by atoms with van der Waals surface area (Å²) in [7, 11) is 0. The van der Waals surface area contributed by atoms with Crippen LogP contribution >= 0.6 is 0 Å². The van der Waals surface area contributed by atoms with Crippen LogP contribution in [0.3, 0.4) is 0 Å². The largest absolute Gasteiger partial charge is 0.348 e. The number of nitrogens with zero attached hydrogens (tertiary/aromatic N) is 3. The number of carbonyl (C=O) groups excluding carboxylic acids is 1. The monoisotopic (exact) mass is 288 g/mol. The highest BCUT2D eigenvalue weighted by molar-refractivity contribution is 5.93. The fourth-order valence-corrected chi connectivity index (χ4v) is 2.09. The maximum absolute atomic E-state index is 12.5. The van der Waals surface area contributed by atoms with E-state index in [1.807, 2.05) is 27.7 Å². The van der Waals surface area contributed by atoms with Crippen molar-refractivity contribution in [2.24, 2.45) is 5.92 Å². The summed E-state index contributed by atoms with van der Waals surface area (Å²) < 4.78 is 1.53. The Kier molecular flexibility index (Phi) is 4.35. The topological polar surface area (TPSA) is 76.9 Å². The van der Waals surface area contributed by atoms with Gasteiger partial charge in [0, 0.05) is 18.8 Å². The zero-order valence-electron chi connectivity index (χ0n) is 12.8. The summed E-state index contributed by atoms with van der Waals surface area (Å²) in [5, 5.41) is 2.71. The van der Waals surface area contributed by atoms with Gasteiger partial charge in [-0.2, -0.15) is 0 Å². The Morgan fingerprint density at radius 3 is 2.67 bits per heavy atom. The lowest BCUT2D eigenvalue weighted by atomic mass is 10.2. The quantitative estimate of drug-likeness (QED) is 0.926. The molecule has 0 fully saturated rings. The van der Waals surface area contributed by atoms with Gasteiger partial charge < -0.3 is 5.32 Å². The van der Waals surface area contributed by atoms with Crippen LogP contribution in [0.25, 0.3) is 11.2 Å². The van der Waals surface area contributed by atoms with Crippen LogP contribution in [0, 0.1) is 5.92 Å². The van der Waals surface area contributed by atoms with Crippen molar-refractivity contribution in [3.63, 3.8) is 0 Å². The summed E-state index contributed by atoms with van der Waals surface area (Å²) in [5.74, 6) is -0.186. The SMILES string of the molecule is CC(C)Cn1c(=O)c(C(=O)NC(C)C)nc2cccnc21. The predicted octanol–water partition coefficient (Wildman–Crippen LogP) is 1.59. The number of amides is 1. The van der Waals surface area contributed by atoms with Crippen molar-refractivity contribution in [1.82, 2.24) is 19.9 Å². The first-order chi connectivity index (χ1) is 9.90. The molecule has 1 amide bonds. The normalized spacial score (nSPS) is 11.3. The van der Waals surface area contributed by atoms with Crippen LogP contribution in [0.15, 0.2) is 23.1 Å². The van der Waals surface area contributed by atoms with Crippen molar-refractivity contribution < 1.29 is 4.79 Å². The number of hydrogen-bond donors (Lipinski definition) is 1. The summed E-state index contributed by atoms with van der Waals surface area (Å²) in [6.07, 6.45) is 1.62. The van der Waals surface area contributed by atoms with Crippen LogP contribution in [-0.2, 0) is 6.54 Å². The Morgan fingerprint density at radius 2 is 2.05 bits per heavy atom. The van der Waals surface area contributed by atoms with Crippen molar-refractivity contribution in [2.45, 2.75) is 40.3 Å². The third-order valence-corrected chi connectivity index (χ3v) is 2.88. The number of nitrogens with one attached hydrogen (secondary N) is 1. The number of carbonyl (C=O) groups is 1. The lowest BCUT2D eigenvalue weighted by Gasteiger charge is -2.14. The molecule has 0 saturated heterocycles. The molecule has 2 heterocycles. The van der Waals surface area contributed by atoms with E-state index in [4.69, 9.17) is 0 Å². The molecule has 0 bridgehead atoms. The van der Waals surface area contributed by atoms with Crippen molar-refractivity contribution in [1.29, 1.82) is 0 Å². The van der Waals surface area contributed by atoms with Gasteiger partial charge in [0.25, 0.3) is 11.5 Å². The Balaban J connectivity index is 2.65. The first-order valence-electron chi connectivity index (χ1n) is 7.06. The molecule has 0 aromatic carbocycles. The van der Waals surface area contributed by atoms with Crippen molar-refractivity contribution in [2.75, 3.05) is 0 Å². The summed E-state index contributed by atoms with van der Waals surface area (Å²) in [5.41, 5.74) is 0.585. The standard InChI is InChI=1S/C15H20N4O2/c1-9(2)8-19-13-11(6-5-7-16-13)18-12(15(19)21)14(20)17-10(3)4/h5-7,9-10H,8H2,1-4H3,(H,17,20). The molecule has 0 unspecified atom stereocenters. The van der Waals surface area contributed by atoms with Gasteiger partial charge >= 0.3 is 0 Å². The highest BCUT2D eigenvalue weighted by atomic mass is 16.2. The Labute approximate surface area is 123 Å². The number of hydrogen-bond acceptors (Lipinski definition) is 4. The lowest BCUT2D eigenvalue weighted by molar-refractivity contribution is 0.0936. The molecule has 0 aliphatic rings. The molecule has 0 spiro atoms. The minimum atomic E-state index is -0.446. The number of fused-ring (bicyclic) bond motifs is 1. The average Bonchev–Trinajstić information content (AvgIpc) is 2.40. The van der Waals surface area contributed by atoms with Crippen LogP contribution in [0.2, 0.25) is 0 Å². The van der Waals surface area contributed by atoms with Gasteiger partial charge in [-0.1, -0.05) is 13.8 Å². The molecule has 6 nitrogen and oxygen atoms in total. The fourth-order valence-electron chi connectivity index (χ4n) is 2.09. The van der Waals surface area contributed by atoms with Gasteiger partial charge in [0.05, 0.1) is 0 Å². The second-order valence-electron chi connectivity index (χ2n) is 5.74. The van der Waals surface area contributed by atoms with E-state index < -0.39 is 11.5 Å². The Morgan fingerprint density at radius 1 is 1.33 bits per heavy atom. The van der Waals surface area contributed by atoms with E-state index in [-0.39, 0.29) is 17.7 Å². The maximum atomic E-state index is 12.5. The summed E-state index contributed by atoms with van der Waals surface area (Å²) in [6.45, 7) is 8.20. The fraction of sp³-hybridized carbons (Fsp3) is 0.467. The van der Waals surface area contributed by atoms with E-state index in [1.54, 1.807) is 18.3 Å². The highest BCUT2D eigenvalue weighted by Crippen LogP contribution is 2.09. The van der Waals surface area contributed by atoms with Gasteiger partial charge in [-0.15, -0.1) is 0 Å². The minimum Gasteiger partial charge on any atom is -0.348 e. The van der Waals surface area contributed by atoms with Gasteiger partial charge in [0.2, 0.25) is 0 Å². The molecular formula is C15H20N4O2. The summed E-state index contributed by atoms with van der Waals surface area (Å²) in [4.78, 5) is 33.1. The van der Waals surface area contributed by atoms with Crippen molar-refractivity contribution >= 4 is 17.1 Å². The molecule has 0 radical (unpaired) electrons. The van der Waals surface area contributed by atoms with Crippen LogP contribution in [0.1, 0.15) is 38.2 Å². The molecule has 0 atom stereocenters. The summed E-state index contributed by atoms with van der Waals surface area (Å²) >= 11 is 0. The molecule has 2 rings (SSSR count). The zero-order valence-corrected chi connectivity index (χ0v) is 12.8. The molecular weight excluding hydrogens is 268 g/mol. The maximum Gasteiger partial charge on any atom is 0.283 e. The van der Waals surface area contributed by atoms with Gasteiger partial charge in [-0.05, 0) is 31.9 Å². The summed E-state index contributed by atoms with van der Waals surface area (Å²) in [6, 6.07) is 3.44. The Hall–Kier alpha value is -2.24. The first kappa shape index (κ1) is 15.2. The van der Waals surface area contributed by atoms with Crippen LogP contribution in [-0.4, -0.2) is 26.5 Å². The molecule has 21 heavy (non-hydrogen) atoms. The van der Waals surface area contributed by atoms with Crippen molar-refractivity contribution in [3.05, 3.63) is 34.4 Å². The molecule has 2 aromatic heterocycles. The number of rotatable bonds is 4. The van der Waals surface area contributed by atoms with Gasteiger partial charge in [0.1, 0.15) is 5.52 Å². The second kappa shape index (κ2) is 6.03. The van der Waals surface area contributed by atoms with Gasteiger partial charge in [-0.25, -0.2) is 9.97 Å². The molecule has 2 aromatic rings. The predicted molar refractivity (Wildman–Crippen MR) is 81.2 cm³/mol. The van der Waals surface area contributed by atoms with Crippen molar-refractivity contribution in [3.8, 4) is 0 Å². The minimum absolute atomic E-state index is 0.0538. The average molecular weight is 288 g/mol. The molecule has 112 valence electrons. The second-order valence-corrected chi connectivity index (χ2v) is 5.74.